The molecule has 0 atom stereocenters. The number of sulfonamides is 1. The molecular weight excluding hydrogens is 302 g/mol. The summed E-state index contributed by atoms with van der Waals surface area (Å²) >= 11 is 0. The van der Waals surface area contributed by atoms with Gasteiger partial charge in [0.2, 0.25) is 10.0 Å². The highest BCUT2D eigenvalue weighted by molar-refractivity contribution is 7.92. The third-order valence-corrected chi connectivity index (χ3v) is 3.95. The maximum Gasteiger partial charge on any atom is 0.344 e. The first-order valence-electron chi connectivity index (χ1n) is 6.75. The zero-order chi connectivity index (χ0) is 16.6. The van der Waals surface area contributed by atoms with Crippen LogP contribution >= 0.6 is 0 Å². The number of nitrogens with zero attached hydrogens (tertiary/aromatic N) is 1. The third-order valence-electron chi connectivity index (χ3n) is 2.74. The van der Waals surface area contributed by atoms with E-state index in [-0.39, 0.29) is 0 Å². The molecule has 1 rings (SSSR count). The van der Waals surface area contributed by atoms with Gasteiger partial charge in [-0.3, -0.25) is 4.31 Å². The van der Waals surface area contributed by atoms with Crippen LogP contribution in [0.3, 0.4) is 0 Å². The number of carbonyl (C=O) groups excluding carboxylic acids is 1. The van der Waals surface area contributed by atoms with E-state index in [0.29, 0.717) is 17.7 Å². The molecule has 0 aromatic heterocycles. The lowest BCUT2D eigenvalue weighted by Gasteiger charge is -2.16. The van der Waals surface area contributed by atoms with Crippen LogP contribution in [0.5, 0.6) is 0 Å². The summed E-state index contributed by atoms with van der Waals surface area (Å²) in [5.41, 5.74) is 1.20. The fraction of sp³-hybridized carbons (Fsp3) is 0.312. The number of anilines is 1. The third kappa shape index (κ3) is 6.02. The molecule has 0 bridgehead atoms. The van der Waals surface area contributed by atoms with Crippen LogP contribution in [0.15, 0.2) is 30.3 Å². The van der Waals surface area contributed by atoms with Gasteiger partial charge in [-0.25, -0.2) is 13.2 Å². The number of carbonyl (C=O) groups is 1. The average molecular weight is 321 g/mol. The van der Waals surface area contributed by atoms with Crippen molar-refractivity contribution >= 4 is 27.8 Å². The fourth-order valence-electron chi connectivity index (χ4n) is 1.48. The minimum atomic E-state index is -3.32. The quantitative estimate of drug-likeness (QED) is 0.474. The maximum absolute atomic E-state index is 11.5. The first kappa shape index (κ1) is 17.8. The van der Waals surface area contributed by atoms with Crippen LogP contribution in [-0.2, 0) is 19.6 Å². The van der Waals surface area contributed by atoms with Gasteiger partial charge >= 0.3 is 5.97 Å². The van der Waals surface area contributed by atoms with Crippen LogP contribution in [-0.4, -0.2) is 27.7 Å². The van der Waals surface area contributed by atoms with Crippen molar-refractivity contribution in [3.63, 3.8) is 0 Å². The Morgan fingerprint density at radius 3 is 2.77 bits per heavy atom. The summed E-state index contributed by atoms with van der Waals surface area (Å²) in [5, 5.41) is 0. The van der Waals surface area contributed by atoms with Crippen molar-refractivity contribution in [2.24, 2.45) is 0 Å². The van der Waals surface area contributed by atoms with E-state index in [0.717, 1.165) is 12.7 Å². The van der Waals surface area contributed by atoms with Gasteiger partial charge in [-0.1, -0.05) is 25.0 Å². The standard InChI is InChI=1S/C16H19NO4S/c1-4-5-6-12-21-16(18)11-10-14-8-7-9-15(13-14)17(2)22(3,19)20/h7-11,13H,4-5H2,1-3H3/b11-10+. The van der Waals surface area contributed by atoms with E-state index < -0.39 is 16.0 Å². The molecule has 1 aromatic rings. The molecule has 0 saturated heterocycles. The van der Waals surface area contributed by atoms with Crippen LogP contribution in [0.1, 0.15) is 25.3 Å². The van der Waals surface area contributed by atoms with Gasteiger partial charge in [0.15, 0.2) is 0 Å². The second kappa shape index (κ2) is 8.25. The van der Waals surface area contributed by atoms with E-state index in [1.807, 2.05) is 6.92 Å². The molecule has 0 saturated carbocycles. The normalized spacial score (nSPS) is 10.9. The SMILES string of the molecule is CCCC#COC(=O)/C=C/c1cccc(N(C)S(C)(=O)=O)c1. The van der Waals surface area contributed by atoms with Gasteiger partial charge in [0.25, 0.3) is 0 Å². The second-order valence-electron chi connectivity index (χ2n) is 4.61. The van der Waals surface area contributed by atoms with Gasteiger partial charge < -0.3 is 4.74 Å². The van der Waals surface area contributed by atoms with E-state index >= 15 is 0 Å². The van der Waals surface area contributed by atoms with Crippen molar-refractivity contribution in [2.45, 2.75) is 19.8 Å². The monoisotopic (exact) mass is 321 g/mol. The van der Waals surface area contributed by atoms with E-state index in [9.17, 15) is 13.2 Å². The van der Waals surface area contributed by atoms with Crippen molar-refractivity contribution in [3.8, 4) is 12.0 Å². The lowest BCUT2D eigenvalue weighted by Crippen LogP contribution is -2.24. The predicted octanol–water partition coefficient (Wildman–Crippen LogP) is 2.40. The average Bonchev–Trinajstić information content (AvgIpc) is 2.48. The molecule has 22 heavy (non-hydrogen) atoms. The van der Waals surface area contributed by atoms with Crippen LogP contribution in [0.25, 0.3) is 6.08 Å². The van der Waals surface area contributed by atoms with Crippen molar-refractivity contribution < 1.29 is 17.9 Å². The van der Waals surface area contributed by atoms with Crippen LogP contribution < -0.4 is 4.31 Å². The zero-order valence-electron chi connectivity index (χ0n) is 12.9. The van der Waals surface area contributed by atoms with Crippen LogP contribution in [0.2, 0.25) is 0 Å². The number of benzene rings is 1. The molecule has 0 N–H and O–H groups in total. The number of rotatable bonds is 5. The molecule has 0 spiro atoms. The first-order chi connectivity index (χ1) is 10.3. The summed E-state index contributed by atoms with van der Waals surface area (Å²) < 4.78 is 28.9. The number of unbranched alkanes of at least 4 members (excludes halogenated alkanes) is 1. The summed E-state index contributed by atoms with van der Waals surface area (Å²) in [6.07, 6.45) is 7.84. The number of esters is 1. The molecule has 1 aromatic carbocycles. The summed E-state index contributed by atoms with van der Waals surface area (Å²) in [5.74, 6) is 2.14. The molecule has 0 heterocycles. The van der Waals surface area contributed by atoms with E-state index in [2.05, 4.69) is 12.0 Å². The van der Waals surface area contributed by atoms with Crippen LogP contribution in [0, 0.1) is 12.0 Å². The molecule has 0 aliphatic rings. The summed E-state index contributed by atoms with van der Waals surface area (Å²) in [7, 11) is -1.85. The Hall–Kier alpha value is -2.26. The summed E-state index contributed by atoms with van der Waals surface area (Å²) in [6, 6.07) is 6.80. The molecular formula is C16H19NO4S. The Labute approximate surface area is 131 Å². The Kier molecular flexibility index (Phi) is 6.67. The highest BCUT2D eigenvalue weighted by Crippen LogP contribution is 2.18. The first-order valence-corrected chi connectivity index (χ1v) is 8.60. The van der Waals surface area contributed by atoms with Gasteiger partial charge in [0.05, 0.1) is 11.9 Å². The summed E-state index contributed by atoms with van der Waals surface area (Å²) in [4.78, 5) is 11.4. The van der Waals surface area contributed by atoms with Gasteiger partial charge in [0, 0.05) is 19.5 Å². The highest BCUT2D eigenvalue weighted by Gasteiger charge is 2.11. The van der Waals surface area contributed by atoms with Crippen LogP contribution in [0.4, 0.5) is 5.69 Å². The molecule has 0 amide bonds. The van der Waals surface area contributed by atoms with Crippen molar-refractivity contribution in [1.29, 1.82) is 0 Å². The van der Waals surface area contributed by atoms with E-state index in [1.54, 1.807) is 30.3 Å². The summed E-state index contributed by atoms with van der Waals surface area (Å²) in [6.45, 7) is 1.98. The van der Waals surface area contributed by atoms with Gasteiger partial charge in [-0.15, -0.1) is 0 Å². The fourth-order valence-corrected chi connectivity index (χ4v) is 1.97. The molecule has 0 aliphatic carbocycles. The van der Waals surface area contributed by atoms with Gasteiger partial charge in [-0.2, -0.15) is 0 Å². The zero-order valence-corrected chi connectivity index (χ0v) is 13.7. The predicted molar refractivity (Wildman–Crippen MR) is 87.5 cm³/mol. The lowest BCUT2D eigenvalue weighted by atomic mass is 10.2. The van der Waals surface area contributed by atoms with Crippen molar-refractivity contribution in [1.82, 2.24) is 0 Å². The van der Waals surface area contributed by atoms with Crippen molar-refractivity contribution in [3.05, 3.63) is 35.9 Å². The Morgan fingerprint density at radius 2 is 2.14 bits per heavy atom. The highest BCUT2D eigenvalue weighted by atomic mass is 32.2. The smallest absolute Gasteiger partial charge is 0.344 e. The lowest BCUT2D eigenvalue weighted by molar-refractivity contribution is -0.131. The Morgan fingerprint density at radius 1 is 1.41 bits per heavy atom. The number of hydrogen-bond acceptors (Lipinski definition) is 4. The molecule has 0 aliphatic heterocycles. The van der Waals surface area contributed by atoms with Gasteiger partial charge in [-0.05, 0) is 30.2 Å². The van der Waals surface area contributed by atoms with Gasteiger partial charge in [0.1, 0.15) is 6.11 Å². The Bertz CT molecular complexity index is 711. The number of ether oxygens (including phenoxy) is 1. The maximum atomic E-state index is 11.5. The Balaban J connectivity index is 2.77. The molecule has 5 nitrogen and oxygen atoms in total. The van der Waals surface area contributed by atoms with E-state index in [1.165, 1.54) is 17.4 Å². The molecule has 118 valence electrons. The van der Waals surface area contributed by atoms with E-state index in [4.69, 9.17) is 4.74 Å². The number of hydrogen-bond donors (Lipinski definition) is 0. The molecule has 0 fully saturated rings. The molecule has 6 heteroatoms. The molecule has 0 radical (unpaired) electrons. The topological polar surface area (TPSA) is 63.7 Å². The minimum Gasteiger partial charge on any atom is -0.369 e. The minimum absolute atomic E-state index is 0.515. The van der Waals surface area contributed by atoms with Crippen molar-refractivity contribution in [2.75, 3.05) is 17.6 Å². The molecule has 0 unspecified atom stereocenters. The second-order valence-corrected chi connectivity index (χ2v) is 6.62. The largest absolute Gasteiger partial charge is 0.369 e.